The molecule has 0 unspecified atom stereocenters. The molecular formula is C16H20ClN3O2. The van der Waals surface area contributed by atoms with Crippen LogP contribution in [0.5, 0.6) is 5.75 Å². The normalized spacial score (nSPS) is 13.5. The molecule has 1 N–H and O–H groups in total. The SMILES string of the molecule is Cc1c([C@H](C)NC(=O)[C@H](C)Oc2ccccc2Cl)cnn1C. The molecule has 2 atom stereocenters. The van der Waals surface area contributed by atoms with Crippen LogP contribution < -0.4 is 10.1 Å². The highest BCUT2D eigenvalue weighted by molar-refractivity contribution is 6.32. The minimum atomic E-state index is -0.640. The predicted octanol–water partition coefficient (Wildman–Crippen LogP) is 3.03. The van der Waals surface area contributed by atoms with Crippen LogP contribution in [0.4, 0.5) is 0 Å². The fraction of sp³-hybridized carbons (Fsp3) is 0.375. The minimum absolute atomic E-state index is 0.140. The Kier molecular flexibility index (Phi) is 5.08. The Balaban J connectivity index is 1.99. The zero-order valence-corrected chi connectivity index (χ0v) is 13.9. The van der Waals surface area contributed by atoms with Gasteiger partial charge in [-0.2, -0.15) is 5.10 Å². The summed E-state index contributed by atoms with van der Waals surface area (Å²) in [5.41, 5.74) is 2.01. The zero-order chi connectivity index (χ0) is 16.3. The summed E-state index contributed by atoms with van der Waals surface area (Å²) < 4.78 is 7.39. The number of nitrogens with one attached hydrogen (secondary N) is 1. The first kappa shape index (κ1) is 16.4. The number of carbonyl (C=O) groups is 1. The van der Waals surface area contributed by atoms with E-state index in [0.717, 1.165) is 11.3 Å². The van der Waals surface area contributed by atoms with E-state index in [9.17, 15) is 4.79 Å². The monoisotopic (exact) mass is 321 g/mol. The number of amides is 1. The molecule has 0 fully saturated rings. The maximum absolute atomic E-state index is 12.3. The van der Waals surface area contributed by atoms with Crippen molar-refractivity contribution in [3.63, 3.8) is 0 Å². The van der Waals surface area contributed by atoms with Gasteiger partial charge in [-0.15, -0.1) is 0 Å². The number of halogens is 1. The molecule has 2 rings (SSSR count). The van der Waals surface area contributed by atoms with E-state index in [-0.39, 0.29) is 11.9 Å². The van der Waals surface area contributed by atoms with Crippen LogP contribution in [0.3, 0.4) is 0 Å². The molecular weight excluding hydrogens is 302 g/mol. The second-order valence-corrected chi connectivity index (χ2v) is 5.64. The molecule has 22 heavy (non-hydrogen) atoms. The fourth-order valence-electron chi connectivity index (χ4n) is 2.13. The number of carbonyl (C=O) groups excluding carboxylic acids is 1. The predicted molar refractivity (Wildman–Crippen MR) is 86.0 cm³/mol. The van der Waals surface area contributed by atoms with E-state index in [1.165, 1.54) is 0 Å². The van der Waals surface area contributed by atoms with Crippen LogP contribution in [0.15, 0.2) is 30.5 Å². The molecule has 118 valence electrons. The molecule has 5 nitrogen and oxygen atoms in total. The van der Waals surface area contributed by atoms with Crippen molar-refractivity contribution in [2.45, 2.75) is 32.9 Å². The number of benzene rings is 1. The second kappa shape index (κ2) is 6.83. The molecule has 0 aliphatic carbocycles. The van der Waals surface area contributed by atoms with Gasteiger partial charge in [0.1, 0.15) is 5.75 Å². The van der Waals surface area contributed by atoms with Crippen LogP contribution in [0.1, 0.15) is 31.1 Å². The maximum atomic E-state index is 12.3. The smallest absolute Gasteiger partial charge is 0.261 e. The second-order valence-electron chi connectivity index (χ2n) is 5.23. The van der Waals surface area contributed by atoms with E-state index in [4.69, 9.17) is 16.3 Å². The average molecular weight is 322 g/mol. The van der Waals surface area contributed by atoms with Crippen molar-refractivity contribution in [3.8, 4) is 5.75 Å². The molecule has 1 heterocycles. The lowest BCUT2D eigenvalue weighted by molar-refractivity contribution is -0.127. The summed E-state index contributed by atoms with van der Waals surface area (Å²) in [5, 5.41) is 7.60. The molecule has 0 aliphatic rings. The number of ether oxygens (including phenoxy) is 1. The van der Waals surface area contributed by atoms with Gasteiger partial charge in [0.05, 0.1) is 17.3 Å². The van der Waals surface area contributed by atoms with Crippen LogP contribution in [0, 0.1) is 6.92 Å². The highest BCUT2D eigenvalue weighted by Gasteiger charge is 2.20. The number of aromatic nitrogens is 2. The van der Waals surface area contributed by atoms with Crippen LogP contribution in [-0.2, 0) is 11.8 Å². The molecule has 1 aromatic carbocycles. The summed E-state index contributed by atoms with van der Waals surface area (Å²) in [6.07, 6.45) is 1.12. The summed E-state index contributed by atoms with van der Waals surface area (Å²) in [6, 6.07) is 6.95. The van der Waals surface area contributed by atoms with Gasteiger partial charge in [0.15, 0.2) is 6.10 Å². The molecule has 0 aliphatic heterocycles. The Labute approximate surface area is 135 Å². The van der Waals surface area contributed by atoms with Crippen LogP contribution in [0.2, 0.25) is 5.02 Å². The summed E-state index contributed by atoms with van der Waals surface area (Å²) in [7, 11) is 1.87. The van der Waals surface area contributed by atoms with Crippen molar-refractivity contribution in [3.05, 3.63) is 46.7 Å². The fourth-order valence-corrected chi connectivity index (χ4v) is 2.31. The van der Waals surface area contributed by atoms with Gasteiger partial charge in [0.2, 0.25) is 0 Å². The van der Waals surface area contributed by atoms with Crippen LogP contribution >= 0.6 is 11.6 Å². The van der Waals surface area contributed by atoms with Crippen molar-refractivity contribution >= 4 is 17.5 Å². The van der Waals surface area contributed by atoms with E-state index < -0.39 is 6.10 Å². The molecule has 1 aromatic heterocycles. The Morgan fingerprint density at radius 3 is 2.64 bits per heavy atom. The summed E-state index contributed by atoms with van der Waals surface area (Å²) in [5.74, 6) is 0.299. The number of hydrogen-bond acceptors (Lipinski definition) is 3. The van der Waals surface area contributed by atoms with Gasteiger partial charge in [-0.1, -0.05) is 23.7 Å². The molecule has 0 radical (unpaired) electrons. The molecule has 0 saturated heterocycles. The lowest BCUT2D eigenvalue weighted by Gasteiger charge is -2.19. The average Bonchev–Trinajstić information content (AvgIpc) is 2.81. The lowest BCUT2D eigenvalue weighted by Crippen LogP contribution is -2.37. The van der Waals surface area contributed by atoms with E-state index in [2.05, 4.69) is 10.4 Å². The molecule has 0 saturated carbocycles. The Hall–Kier alpha value is -2.01. The van der Waals surface area contributed by atoms with Crippen LogP contribution in [-0.4, -0.2) is 21.8 Å². The highest BCUT2D eigenvalue weighted by Crippen LogP contribution is 2.24. The number of para-hydroxylation sites is 1. The third-order valence-corrected chi connectivity index (χ3v) is 3.92. The number of nitrogens with zero attached hydrogens (tertiary/aromatic N) is 2. The first-order chi connectivity index (χ1) is 10.4. The Bertz CT molecular complexity index is 669. The van der Waals surface area contributed by atoms with Crippen molar-refractivity contribution in [1.82, 2.24) is 15.1 Å². The Morgan fingerprint density at radius 2 is 2.05 bits per heavy atom. The van der Waals surface area contributed by atoms with E-state index in [0.29, 0.717) is 10.8 Å². The first-order valence-electron chi connectivity index (χ1n) is 7.10. The van der Waals surface area contributed by atoms with Crippen molar-refractivity contribution in [2.75, 3.05) is 0 Å². The lowest BCUT2D eigenvalue weighted by atomic mass is 10.1. The number of aryl methyl sites for hydroxylation is 1. The summed E-state index contributed by atoms with van der Waals surface area (Å²) in [6.45, 7) is 5.58. The van der Waals surface area contributed by atoms with Gasteiger partial charge in [-0.3, -0.25) is 9.48 Å². The van der Waals surface area contributed by atoms with Gasteiger partial charge in [0, 0.05) is 18.3 Å². The topological polar surface area (TPSA) is 56.1 Å². The number of hydrogen-bond donors (Lipinski definition) is 1. The quantitative estimate of drug-likeness (QED) is 0.921. The molecule has 2 aromatic rings. The third-order valence-electron chi connectivity index (χ3n) is 3.61. The van der Waals surface area contributed by atoms with Crippen molar-refractivity contribution in [2.24, 2.45) is 7.05 Å². The largest absolute Gasteiger partial charge is 0.479 e. The Morgan fingerprint density at radius 1 is 1.36 bits per heavy atom. The van der Waals surface area contributed by atoms with E-state index in [1.807, 2.05) is 33.0 Å². The summed E-state index contributed by atoms with van der Waals surface area (Å²) >= 11 is 6.03. The van der Waals surface area contributed by atoms with Gasteiger partial charge in [0.25, 0.3) is 5.91 Å². The van der Waals surface area contributed by atoms with Gasteiger partial charge >= 0.3 is 0 Å². The standard InChI is InChI=1S/C16H20ClN3O2/c1-10(13-9-18-20(4)11(13)2)19-16(21)12(3)22-15-8-6-5-7-14(15)17/h5-10,12H,1-4H3,(H,19,21)/t10-,12-/m0/s1. The van der Waals surface area contributed by atoms with Gasteiger partial charge in [-0.25, -0.2) is 0 Å². The highest BCUT2D eigenvalue weighted by atomic mass is 35.5. The maximum Gasteiger partial charge on any atom is 0.261 e. The summed E-state index contributed by atoms with van der Waals surface area (Å²) in [4.78, 5) is 12.3. The molecule has 0 spiro atoms. The zero-order valence-electron chi connectivity index (χ0n) is 13.1. The first-order valence-corrected chi connectivity index (χ1v) is 7.48. The number of rotatable bonds is 5. The van der Waals surface area contributed by atoms with E-state index >= 15 is 0 Å². The minimum Gasteiger partial charge on any atom is -0.479 e. The van der Waals surface area contributed by atoms with Crippen molar-refractivity contribution in [1.29, 1.82) is 0 Å². The van der Waals surface area contributed by atoms with Gasteiger partial charge in [-0.05, 0) is 32.9 Å². The molecule has 0 bridgehead atoms. The molecule has 1 amide bonds. The van der Waals surface area contributed by atoms with Crippen LogP contribution in [0.25, 0.3) is 0 Å². The van der Waals surface area contributed by atoms with Gasteiger partial charge < -0.3 is 10.1 Å². The van der Waals surface area contributed by atoms with Crippen molar-refractivity contribution < 1.29 is 9.53 Å². The van der Waals surface area contributed by atoms with E-state index in [1.54, 1.807) is 29.9 Å². The molecule has 6 heteroatoms. The third kappa shape index (κ3) is 3.60.